The molecule has 21 heavy (non-hydrogen) atoms. The number of esters is 1. The maximum atomic E-state index is 13.5. The van der Waals surface area contributed by atoms with E-state index in [1.54, 1.807) is 0 Å². The number of carbonyl (C=O) groups is 1. The van der Waals surface area contributed by atoms with Crippen LogP contribution in [0.25, 0.3) is 0 Å². The monoisotopic (exact) mass is 335 g/mol. The molecule has 0 aliphatic heterocycles. The van der Waals surface area contributed by atoms with Gasteiger partial charge in [-0.3, -0.25) is 0 Å². The van der Waals surface area contributed by atoms with Gasteiger partial charge >= 0.3 is 5.97 Å². The minimum absolute atomic E-state index is 0.208. The lowest BCUT2D eigenvalue weighted by Gasteiger charge is -2.11. The van der Waals surface area contributed by atoms with Crippen LogP contribution in [0.15, 0.2) is 17.0 Å². The van der Waals surface area contributed by atoms with E-state index in [1.165, 1.54) is 0 Å². The number of primary sulfonamides is 1. The molecule has 1 saturated carbocycles. The van der Waals surface area contributed by atoms with Gasteiger partial charge in [0.15, 0.2) is 0 Å². The smallest absolute Gasteiger partial charge is 0.339 e. The Balaban J connectivity index is 2.20. The van der Waals surface area contributed by atoms with Crippen molar-refractivity contribution in [2.45, 2.75) is 30.6 Å². The number of sulfonamides is 1. The highest BCUT2D eigenvalue weighted by molar-refractivity contribution is 7.89. The van der Waals surface area contributed by atoms with Gasteiger partial charge in [-0.1, -0.05) is 24.4 Å². The van der Waals surface area contributed by atoms with Gasteiger partial charge in [0.1, 0.15) is 10.7 Å². The van der Waals surface area contributed by atoms with E-state index >= 15 is 0 Å². The van der Waals surface area contributed by atoms with Gasteiger partial charge in [-0.05, 0) is 30.9 Å². The summed E-state index contributed by atoms with van der Waals surface area (Å²) >= 11 is 5.77. The van der Waals surface area contributed by atoms with Gasteiger partial charge in [0.2, 0.25) is 10.0 Å². The molecule has 5 nitrogen and oxygen atoms in total. The van der Waals surface area contributed by atoms with Gasteiger partial charge in [0, 0.05) is 0 Å². The Kier molecular flexibility index (Phi) is 4.85. The van der Waals surface area contributed by atoms with Crippen LogP contribution in [0.4, 0.5) is 4.39 Å². The molecule has 2 N–H and O–H groups in total. The van der Waals surface area contributed by atoms with Crippen LogP contribution >= 0.6 is 11.6 Å². The molecule has 2 rings (SSSR count). The van der Waals surface area contributed by atoms with Gasteiger partial charge in [-0.15, -0.1) is 0 Å². The molecule has 1 fully saturated rings. The first-order chi connectivity index (χ1) is 9.79. The Hall–Kier alpha value is -1.18. The number of benzene rings is 1. The van der Waals surface area contributed by atoms with Crippen molar-refractivity contribution in [3.8, 4) is 0 Å². The zero-order valence-corrected chi connectivity index (χ0v) is 12.7. The van der Waals surface area contributed by atoms with Crippen LogP contribution < -0.4 is 5.14 Å². The number of carbonyl (C=O) groups excluding carboxylic acids is 1. The second kappa shape index (κ2) is 6.29. The SMILES string of the molecule is NS(=O)(=O)c1cc(C(=O)OCC2CCCC2)c(Cl)cc1F. The first kappa shape index (κ1) is 16.2. The molecular formula is C13H15ClFNO4S. The third-order valence-electron chi connectivity index (χ3n) is 3.47. The topological polar surface area (TPSA) is 86.5 Å². The Morgan fingerprint density at radius 1 is 1.38 bits per heavy atom. The van der Waals surface area contributed by atoms with Crippen LogP contribution in [0.2, 0.25) is 5.02 Å². The van der Waals surface area contributed by atoms with Gasteiger partial charge < -0.3 is 4.74 Å². The van der Waals surface area contributed by atoms with E-state index < -0.39 is 26.7 Å². The molecule has 1 aromatic rings. The van der Waals surface area contributed by atoms with E-state index in [9.17, 15) is 17.6 Å². The molecule has 0 atom stereocenters. The summed E-state index contributed by atoms with van der Waals surface area (Å²) < 4.78 is 41.1. The molecule has 0 saturated heterocycles. The molecule has 1 aliphatic carbocycles. The minimum atomic E-state index is -4.28. The normalized spacial score (nSPS) is 16.1. The van der Waals surface area contributed by atoms with Crippen LogP contribution in [0, 0.1) is 11.7 Å². The van der Waals surface area contributed by atoms with Gasteiger partial charge in [0.05, 0.1) is 17.2 Å². The second-order valence-electron chi connectivity index (χ2n) is 5.06. The summed E-state index contributed by atoms with van der Waals surface area (Å²) in [6.07, 6.45) is 4.20. The molecule has 0 spiro atoms. The van der Waals surface area contributed by atoms with Crippen LogP contribution in [-0.4, -0.2) is 21.0 Å². The van der Waals surface area contributed by atoms with Crippen molar-refractivity contribution in [3.63, 3.8) is 0 Å². The molecule has 0 bridgehead atoms. The zero-order chi connectivity index (χ0) is 15.6. The van der Waals surface area contributed by atoms with E-state index in [2.05, 4.69) is 0 Å². The zero-order valence-electron chi connectivity index (χ0n) is 11.1. The summed E-state index contributed by atoms with van der Waals surface area (Å²) in [6.45, 7) is 0.247. The molecule has 116 valence electrons. The third kappa shape index (κ3) is 3.93. The lowest BCUT2D eigenvalue weighted by atomic mass is 10.1. The predicted octanol–water partition coefficient (Wildman–Crippen LogP) is 2.47. The van der Waals surface area contributed by atoms with E-state index in [4.69, 9.17) is 21.5 Å². The lowest BCUT2D eigenvalue weighted by Crippen LogP contribution is -2.17. The maximum absolute atomic E-state index is 13.5. The number of ether oxygens (including phenoxy) is 1. The highest BCUT2D eigenvalue weighted by atomic mass is 35.5. The van der Waals surface area contributed by atoms with E-state index in [-0.39, 0.29) is 17.2 Å². The highest BCUT2D eigenvalue weighted by Crippen LogP contribution is 2.27. The first-order valence-electron chi connectivity index (χ1n) is 6.48. The standard InChI is InChI=1S/C13H15ClFNO4S/c14-10-6-11(15)12(21(16,18)19)5-9(10)13(17)20-7-8-3-1-2-4-8/h5-6,8H,1-4,7H2,(H2,16,18,19). The van der Waals surface area contributed by atoms with Crippen molar-refractivity contribution < 1.29 is 22.3 Å². The summed E-state index contributed by atoms with van der Waals surface area (Å²) in [4.78, 5) is 11.2. The average molecular weight is 336 g/mol. The number of hydrogen-bond donors (Lipinski definition) is 1. The quantitative estimate of drug-likeness (QED) is 0.856. The average Bonchev–Trinajstić information content (AvgIpc) is 2.87. The molecular weight excluding hydrogens is 321 g/mol. The Labute approximate surface area is 127 Å². The molecule has 1 aliphatic rings. The number of nitrogens with two attached hydrogens (primary N) is 1. The van der Waals surface area contributed by atoms with Crippen LogP contribution in [0.1, 0.15) is 36.0 Å². The summed E-state index contributed by atoms with van der Waals surface area (Å²) in [7, 11) is -4.28. The Bertz CT molecular complexity index is 656. The fourth-order valence-corrected chi connectivity index (χ4v) is 3.19. The maximum Gasteiger partial charge on any atom is 0.339 e. The Morgan fingerprint density at radius 3 is 2.57 bits per heavy atom. The molecule has 8 heteroatoms. The number of halogens is 2. The molecule has 0 heterocycles. The minimum Gasteiger partial charge on any atom is -0.462 e. The van der Waals surface area contributed by atoms with Crippen molar-refractivity contribution in [2.24, 2.45) is 11.1 Å². The second-order valence-corrected chi connectivity index (χ2v) is 6.99. The molecule has 0 aromatic heterocycles. The van der Waals surface area contributed by atoms with Gasteiger partial charge in [-0.25, -0.2) is 22.7 Å². The third-order valence-corrected chi connectivity index (χ3v) is 4.71. The first-order valence-corrected chi connectivity index (χ1v) is 8.40. The van der Waals surface area contributed by atoms with Gasteiger partial charge in [-0.2, -0.15) is 0 Å². The summed E-state index contributed by atoms with van der Waals surface area (Å²) in [5.41, 5.74) is -0.208. The van der Waals surface area contributed by atoms with Crippen molar-refractivity contribution >= 4 is 27.6 Å². The molecule has 0 amide bonds. The predicted molar refractivity (Wildman–Crippen MR) is 75.0 cm³/mol. The van der Waals surface area contributed by atoms with Crippen molar-refractivity contribution in [1.82, 2.24) is 0 Å². The summed E-state index contributed by atoms with van der Waals surface area (Å²) in [5.74, 6) is -1.57. The summed E-state index contributed by atoms with van der Waals surface area (Å²) in [5, 5.41) is 4.68. The number of rotatable bonds is 4. The highest BCUT2D eigenvalue weighted by Gasteiger charge is 2.23. The fraction of sp³-hybridized carbons (Fsp3) is 0.462. The van der Waals surface area contributed by atoms with Crippen molar-refractivity contribution in [2.75, 3.05) is 6.61 Å². The number of hydrogen-bond acceptors (Lipinski definition) is 4. The van der Waals surface area contributed by atoms with Crippen LogP contribution in [-0.2, 0) is 14.8 Å². The van der Waals surface area contributed by atoms with Gasteiger partial charge in [0.25, 0.3) is 0 Å². The molecule has 1 aromatic carbocycles. The molecule has 0 unspecified atom stereocenters. The fourth-order valence-electron chi connectivity index (χ4n) is 2.35. The Morgan fingerprint density at radius 2 is 2.00 bits per heavy atom. The largest absolute Gasteiger partial charge is 0.462 e. The van der Waals surface area contributed by atoms with Crippen LogP contribution in [0.3, 0.4) is 0 Å². The van der Waals surface area contributed by atoms with Crippen molar-refractivity contribution in [3.05, 3.63) is 28.5 Å². The molecule has 0 radical (unpaired) electrons. The summed E-state index contributed by atoms with van der Waals surface area (Å²) in [6, 6.07) is 1.55. The van der Waals surface area contributed by atoms with E-state index in [0.29, 0.717) is 5.92 Å². The lowest BCUT2D eigenvalue weighted by molar-refractivity contribution is 0.0442. The van der Waals surface area contributed by atoms with E-state index in [1.807, 2.05) is 0 Å². The van der Waals surface area contributed by atoms with E-state index in [0.717, 1.165) is 37.8 Å². The van der Waals surface area contributed by atoms with Crippen molar-refractivity contribution in [1.29, 1.82) is 0 Å². The van der Waals surface area contributed by atoms with Crippen LogP contribution in [0.5, 0.6) is 0 Å².